The van der Waals surface area contributed by atoms with Gasteiger partial charge in [0.2, 0.25) is 0 Å². The van der Waals surface area contributed by atoms with E-state index in [0.29, 0.717) is 23.9 Å². The second-order valence-corrected chi connectivity index (χ2v) is 6.13. The van der Waals surface area contributed by atoms with Crippen molar-refractivity contribution in [3.05, 3.63) is 35.4 Å². The maximum atomic E-state index is 12.3. The molecule has 0 saturated heterocycles. The molecule has 104 valence electrons. The lowest BCUT2D eigenvalue weighted by atomic mass is 9.95. The van der Waals surface area contributed by atoms with E-state index in [4.69, 9.17) is 5.73 Å². The van der Waals surface area contributed by atoms with E-state index in [9.17, 15) is 4.79 Å². The van der Waals surface area contributed by atoms with Crippen molar-refractivity contribution in [1.29, 1.82) is 0 Å². The lowest BCUT2D eigenvalue weighted by Crippen LogP contribution is -2.53. The van der Waals surface area contributed by atoms with Gasteiger partial charge in [-0.2, -0.15) is 0 Å². The number of hydrogen-bond acceptors (Lipinski definition) is 2. The number of amides is 1. The molecule has 1 unspecified atom stereocenters. The van der Waals surface area contributed by atoms with Crippen LogP contribution in [-0.2, 0) is 0 Å². The molecule has 0 aliphatic heterocycles. The molecule has 0 spiro atoms. The molecule has 2 rings (SSSR count). The standard InChI is InChI=1S/C16H24N2O/c1-11(2)12-4-6-13(7-5-12)15(19)18-16(3,10-17)14-8-9-14/h4-7,11,14H,8-10,17H2,1-3H3,(H,18,19). The third-order valence-electron chi connectivity index (χ3n) is 4.14. The van der Waals surface area contributed by atoms with Crippen molar-refractivity contribution in [2.24, 2.45) is 11.7 Å². The molecule has 1 atom stereocenters. The Hall–Kier alpha value is -1.35. The molecule has 3 nitrogen and oxygen atoms in total. The van der Waals surface area contributed by atoms with Crippen LogP contribution in [0.15, 0.2) is 24.3 Å². The Morgan fingerprint density at radius 2 is 1.95 bits per heavy atom. The van der Waals surface area contributed by atoms with E-state index in [1.54, 1.807) is 0 Å². The fourth-order valence-corrected chi connectivity index (χ4v) is 2.39. The Kier molecular flexibility index (Phi) is 3.95. The molecule has 1 saturated carbocycles. The molecule has 0 radical (unpaired) electrons. The molecule has 1 fully saturated rings. The van der Waals surface area contributed by atoms with Crippen LogP contribution in [0.3, 0.4) is 0 Å². The molecular weight excluding hydrogens is 236 g/mol. The summed E-state index contributed by atoms with van der Waals surface area (Å²) in [5.41, 5.74) is 7.53. The van der Waals surface area contributed by atoms with Crippen LogP contribution in [0.4, 0.5) is 0 Å². The van der Waals surface area contributed by atoms with Gasteiger partial charge in [-0.25, -0.2) is 0 Å². The zero-order valence-corrected chi connectivity index (χ0v) is 12.1. The van der Waals surface area contributed by atoms with Crippen molar-refractivity contribution in [2.45, 2.75) is 45.1 Å². The number of carbonyl (C=O) groups excluding carboxylic acids is 1. The molecule has 1 aromatic rings. The van der Waals surface area contributed by atoms with Gasteiger partial charge in [-0.15, -0.1) is 0 Å². The van der Waals surface area contributed by atoms with Crippen molar-refractivity contribution in [1.82, 2.24) is 5.32 Å². The van der Waals surface area contributed by atoms with Gasteiger partial charge in [0, 0.05) is 12.1 Å². The number of carbonyl (C=O) groups is 1. The lowest BCUT2D eigenvalue weighted by Gasteiger charge is -2.29. The average molecular weight is 260 g/mol. The summed E-state index contributed by atoms with van der Waals surface area (Å²) in [6.45, 7) is 6.83. The number of nitrogens with one attached hydrogen (secondary N) is 1. The summed E-state index contributed by atoms with van der Waals surface area (Å²) in [6.07, 6.45) is 2.33. The van der Waals surface area contributed by atoms with Gasteiger partial charge in [0.05, 0.1) is 5.54 Å². The molecule has 1 aliphatic carbocycles. The summed E-state index contributed by atoms with van der Waals surface area (Å²) in [7, 11) is 0. The van der Waals surface area contributed by atoms with Crippen molar-refractivity contribution >= 4 is 5.91 Å². The second kappa shape index (κ2) is 5.33. The van der Waals surface area contributed by atoms with Gasteiger partial charge in [0.25, 0.3) is 5.91 Å². The fourth-order valence-electron chi connectivity index (χ4n) is 2.39. The minimum Gasteiger partial charge on any atom is -0.345 e. The zero-order chi connectivity index (χ0) is 14.0. The SMILES string of the molecule is CC(C)c1ccc(C(=O)NC(C)(CN)C2CC2)cc1. The Balaban J connectivity index is 2.07. The number of nitrogens with two attached hydrogens (primary N) is 1. The molecule has 1 amide bonds. The van der Waals surface area contributed by atoms with Crippen molar-refractivity contribution < 1.29 is 4.79 Å². The molecule has 1 aliphatic rings. The maximum Gasteiger partial charge on any atom is 0.251 e. The third-order valence-corrected chi connectivity index (χ3v) is 4.14. The summed E-state index contributed by atoms with van der Waals surface area (Å²) < 4.78 is 0. The first-order valence-corrected chi connectivity index (χ1v) is 7.09. The molecule has 3 N–H and O–H groups in total. The van der Waals surface area contributed by atoms with Crippen molar-refractivity contribution in [2.75, 3.05) is 6.54 Å². The van der Waals surface area contributed by atoms with Crippen molar-refractivity contribution in [3.63, 3.8) is 0 Å². The summed E-state index contributed by atoms with van der Waals surface area (Å²) in [5, 5.41) is 3.11. The van der Waals surface area contributed by atoms with Crippen LogP contribution >= 0.6 is 0 Å². The lowest BCUT2D eigenvalue weighted by molar-refractivity contribution is 0.0898. The van der Waals surface area contributed by atoms with Crippen LogP contribution in [0.2, 0.25) is 0 Å². The van der Waals surface area contributed by atoms with Gasteiger partial charge in [-0.05, 0) is 49.3 Å². The van der Waals surface area contributed by atoms with Crippen LogP contribution in [-0.4, -0.2) is 18.0 Å². The number of rotatable bonds is 5. The highest BCUT2D eigenvalue weighted by molar-refractivity contribution is 5.94. The second-order valence-electron chi connectivity index (χ2n) is 6.13. The van der Waals surface area contributed by atoms with Gasteiger partial charge < -0.3 is 11.1 Å². The van der Waals surface area contributed by atoms with Gasteiger partial charge in [0.1, 0.15) is 0 Å². The predicted molar refractivity (Wildman–Crippen MR) is 78.2 cm³/mol. The molecular formula is C16H24N2O. The molecule has 0 heterocycles. The minimum absolute atomic E-state index is 0.0184. The Morgan fingerprint density at radius 3 is 2.37 bits per heavy atom. The van der Waals surface area contributed by atoms with E-state index >= 15 is 0 Å². The molecule has 0 bridgehead atoms. The van der Waals surface area contributed by atoms with E-state index in [0.717, 1.165) is 0 Å². The smallest absolute Gasteiger partial charge is 0.251 e. The number of benzene rings is 1. The first kappa shape index (κ1) is 14.1. The van der Waals surface area contributed by atoms with Gasteiger partial charge in [-0.3, -0.25) is 4.79 Å². The van der Waals surface area contributed by atoms with Crippen LogP contribution < -0.4 is 11.1 Å². The molecule has 0 aromatic heterocycles. The minimum atomic E-state index is -0.256. The Bertz CT molecular complexity index is 448. The summed E-state index contributed by atoms with van der Waals surface area (Å²) in [5.74, 6) is 1.00. The maximum absolute atomic E-state index is 12.3. The summed E-state index contributed by atoms with van der Waals surface area (Å²) >= 11 is 0. The Morgan fingerprint density at radius 1 is 1.37 bits per heavy atom. The Labute approximate surface area is 115 Å². The predicted octanol–water partition coefficient (Wildman–Crippen LogP) is 2.67. The topological polar surface area (TPSA) is 55.1 Å². The highest BCUT2D eigenvalue weighted by atomic mass is 16.1. The van der Waals surface area contributed by atoms with E-state index in [1.165, 1.54) is 18.4 Å². The third kappa shape index (κ3) is 3.16. The highest BCUT2D eigenvalue weighted by Crippen LogP contribution is 2.39. The monoisotopic (exact) mass is 260 g/mol. The van der Waals surface area contributed by atoms with E-state index in [2.05, 4.69) is 19.2 Å². The van der Waals surface area contributed by atoms with Gasteiger partial charge in [0.15, 0.2) is 0 Å². The van der Waals surface area contributed by atoms with Gasteiger partial charge in [-0.1, -0.05) is 26.0 Å². The van der Waals surface area contributed by atoms with Crippen LogP contribution in [0.5, 0.6) is 0 Å². The van der Waals surface area contributed by atoms with Crippen molar-refractivity contribution in [3.8, 4) is 0 Å². The molecule has 19 heavy (non-hydrogen) atoms. The quantitative estimate of drug-likeness (QED) is 0.855. The molecule has 3 heteroatoms. The van der Waals surface area contributed by atoms with E-state index in [1.807, 2.05) is 31.2 Å². The van der Waals surface area contributed by atoms with E-state index < -0.39 is 0 Å². The number of hydrogen-bond donors (Lipinski definition) is 2. The fraction of sp³-hybridized carbons (Fsp3) is 0.562. The van der Waals surface area contributed by atoms with E-state index in [-0.39, 0.29) is 11.4 Å². The first-order chi connectivity index (χ1) is 8.96. The normalized spacial score (nSPS) is 18.2. The van der Waals surface area contributed by atoms with Crippen LogP contribution in [0.1, 0.15) is 55.5 Å². The van der Waals surface area contributed by atoms with Gasteiger partial charge >= 0.3 is 0 Å². The zero-order valence-electron chi connectivity index (χ0n) is 12.1. The first-order valence-electron chi connectivity index (χ1n) is 7.09. The summed E-state index contributed by atoms with van der Waals surface area (Å²) in [6, 6.07) is 7.84. The average Bonchev–Trinajstić information content (AvgIpc) is 3.23. The summed E-state index contributed by atoms with van der Waals surface area (Å²) in [4.78, 5) is 12.3. The molecule has 1 aromatic carbocycles. The highest BCUT2D eigenvalue weighted by Gasteiger charge is 2.41. The van der Waals surface area contributed by atoms with Crippen LogP contribution in [0.25, 0.3) is 0 Å². The van der Waals surface area contributed by atoms with Crippen LogP contribution in [0, 0.1) is 5.92 Å². The largest absolute Gasteiger partial charge is 0.345 e.